The molecule has 2 aromatic carbocycles. The van der Waals surface area contributed by atoms with Gasteiger partial charge in [0.1, 0.15) is 11.5 Å². The van der Waals surface area contributed by atoms with Crippen LogP contribution in [0.1, 0.15) is 18.5 Å². The second-order valence-corrected chi connectivity index (χ2v) is 4.64. The fourth-order valence-electron chi connectivity index (χ4n) is 2.29. The number of phenols is 2. The van der Waals surface area contributed by atoms with Gasteiger partial charge in [-0.05, 0) is 31.2 Å². The van der Waals surface area contributed by atoms with Crippen LogP contribution in [0.2, 0.25) is 0 Å². The zero-order valence-electron chi connectivity index (χ0n) is 11.0. The molecule has 1 unspecified atom stereocenters. The number of benzene rings is 2. The van der Waals surface area contributed by atoms with Crippen LogP contribution in [0, 0.1) is 0 Å². The van der Waals surface area contributed by atoms with Gasteiger partial charge in [0.2, 0.25) is 6.79 Å². The topological polar surface area (TPSA) is 71.0 Å². The summed E-state index contributed by atoms with van der Waals surface area (Å²) >= 11 is 0. The zero-order valence-corrected chi connectivity index (χ0v) is 11.0. The van der Waals surface area contributed by atoms with Crippen molar-refractivity contribution in [1.29, 1.82) is 0 Å². The summed E-state index contributed by atoms with van der Waals surface area (Å²) in [5.74, 6) is 1.52. The Bertz CT molecular complexity index is 622. The van der Waals surface area contributed by atoms with Gasteiger partial charge in [0, 0.05) is 11.8 Å². The average Bonchev–Trinajstić information content (AvgIpc) is 2.85. The molecule has 0 saturated carbocycles. The largest absolute Gasteiger partial charge is 0.507 e. The molecule has 0 saturated heterocycles. The van der Waals surface area contributed by atoms with Crippen molar-refractivity contribution in [3.63, 3.8) is 0 Å². The first-order valence-corrected chi connectivity index (χ1v) is 6.32. The van der Waals surface area contributed by atoms with Gasteiger partial charge >= 0.3 is 0 Å². The molecule has 5 heteroatoms. The molecular weight excluding hydrogens is 258 g/mol. The van der Waals surface area contributed by atoms with Crippen molar-refractivity contribution in [2.45, 2.75) is 13.0 Å². The van der Waals surface area contributed by atoms with E-state index in [1.807, 2.05) is 25.1 Å². The van der Waals surface area contributed by atoms with Crippen LogP contribution < -0.4 is 14.8 Å². The lowest BCUT2D eigenvalue weighted by atomic mass is 10.1. The second kappa shape index (κ2) is 4.85. The summed E-state index contributed by atoms with van der Waals surface area (Å²) in [5.41, 5.74) is 1.29. The summed E-state index contributed by atoms with van der Waals surface area (Å²) in [4.78, 5) is 0. The molecule has 0 bridgehead atoms. The molecule has 0 fully saturated rings. The minimum atomic E-state index is -0.253. The molecule has 0 spiro atoms. The van der Waals surface area contributed by atoms with Crippen LogP contribution in [0.15, 0.2) is 36.4 Å². The maximum atomic E-state index is 9.85. The molecule has 104 valence electrons. The van der Waals surface area contributed by atoms with Crippen LogP contribution in [0.4, 0.5) is 5.69 Å². The number of fused-ring (bicyclic) bond motifs is 1. The van der Waals surface area contributed by atoms with E-state index in [2.05, 4.69) is 5.32 Å². The van der Waals surface area contributed by atoms with E-state index < -0.39 is 0 Å². The van der Waals surface area contributed by atoms with Crippen LogP contribution in [0.25, 0.3) is 0 Å². The van der Waals surface area contributed by atoms with Crippen LogP contribution >= 0.6 is 0 Å². The third-order valence-electron chi connectivity index (χ3n) is 3.25. The Labute approximate surface area is 116 Å². The van der Waals surface area contributed by atoms with Crippen molar-refractivity contribution >= 4 is 5.69 Å². The van der Waals surface area contributed by atoms with E-state index in [1.54, 1.807) is 18.2 Å². The first-order chi connectivity index (χ1) is 9.65. The van der Waals surface area contributed by atoms with Gasteiger partial charge < -0.3 is 25.0 Å². The highest BCUT2D eigenvalue weighted by molar-refractivity contribution is 5.57. The van der Waals surface area contributed by atoms with E-state index in [9.17, 15) is 10.2 Å². The Kier molecular flexibility index (Phi) is 3.02. The molecule has 3 N–H and O–H groups in total. The third-order valence-corrected chi connectivity index (χ3v) is 3.25. The number of hydrogen-bond donors (Lipinski definition) is 3. The molecule has 2 aromatic rings. The van der Waals surface area contributed by atoms with E-state index in [4.69, 9.17) is 9.47 Å². The number of ether oxygens (including phenoxy) is 2. The van der Waals surface area contributed by atoms with Crippen molar-refractivity contribution in [3.8, 4) is 23.0 Å². The number of aromatic hydroxyl groups is 2. The summed E-state index contributed by atoms with van der Waals surface area (Å²) < 4.78 is 10.6. The van der Waals surface area contributed by atoms with Crippen LogP contribution in [0.3, 0.4) is 0 Å². The molecule has 1 heterocycles. The molecule has 1 aliphatic rings. The minimum Gasteiger partial charge on any atom is -0.507 e. The van der Waals surface area contributed by atoms with Gasteiger partial charge in [0.25, 0.3) is 0 Å². The van der Waals surface area contributed by atoms with Crippen LogP contribution in [-0.2, 0) is 0 Å². The molecule has 0 aromatic heterocycles. The molecule has 0 aliphatic carbocycles. The molecule has 5 nitrogen and oxygen atoms in total. The Hall–Kier alpha value is -2.56. The van der Waals surface area contributed by atoms with Crippen LogP contribution in [-0.4, -0.2) is 17.0 Å². The van der Waals surface area contributed by atoms with Gasteiger partial charge in [-0.15, -0.1) is 0 Å². The van der Waals surface area contributed by atoms with Gasteiger partial charge in [-0.25, -0.2) is 0 Å². The SMILES string of the molecule is CC(Nc1ccc2c(c1)OCO2)c1c(O)cccc1O. The third kappa shape index (κ3) is 2.18. The van der Waals surface area contributed by atoms with Crippen molar-refractivity contribution < 1.29 is 19.7 Å². The summed E-state index contributed by atoms with van der Waals surface area (Å²) in [7, 11) is 0. The molecule has 20 heavy (non-hydrogen) atoms. The summed E-state index contributed by atoms with van der Waals surface area (Å²) in [5, 5.41) is 22.9. The average molecular weight is 273 g/mol. The van der Waals surface area contributed by atoms with Crippen molar-refractivity contribution in [2.75, 3.05) is 12.1 Å². The van der Waals surface area contributed by atoms with Crippen LogP contribution in [0.5, 0.6) is 23.0 Å². The van der Waals surface area contributed by atoms with Gasteiger partial charge in [0.15, 0.2) is 11.5 Å². The van der Waals surface area contributed by atoms with E-state index in [0.717, 1.165) is 5.69 Å². The number of rotatable bonds is 3. The van der Waals surface area contributed by atoms with Crippen molar-refractivity contribution in [3.05, 3.63) is 42.0 Å². The normalized spacial score (nSPS) is 14.1. The quantitative estimate of drug-likeness (QED) is 0.802. The fraction of sp³-hybridized carbons (Fsp3) is 0.200. The lowest BCUT2D eigenvalue weighted by molar-refractivity contribution is 0.174. The molecule has 1 atom stereocenters. The lowest BCUT2D eigenvalue weighted by Crippen LogP contribution is -2.07. The van der Waals surface area contributed by atoms with E-state index in [1.165, 1.54) is 0 Å². The summed E-state index contributed by atoms with van der Waals surface area (Å²) in [6, 6.07) is 9.96. The van der Waals surface area contributed by atoms with Gasteiger partial charge in [0.05, 0.1) is 11.6 Å². The number of anilines is 1. The van der Waals surface area contributed by atoms with Crippen molar-refractivity contribution in [1.82, 2.24) is 0 Å². The standard InChI is InChI=1S/C15H15NO4/c1-9(15-11(17)3-2-4-12(15)18)16-10-5-6-13-14(7-10)20-8-19-13/h2-7,9,16-18H,8H2,1H3. The Morgan fingerprint density at radius 2 is 1.75 bits per heavy atom. The molecule has 0 amide bonds. The van der Waals surface area contributed by atoms with E-state index >= 15 is 0 Å². The monoisotopic (exact) mass is 273 g/mol. The molecular formula is C15H15NO4. The molecule has 1 aliphatic heterocycles. The Balaban J connectivity index is 1.84. The fourth-order valence-corrected chi connectivity index (χ4v) is 2.29. The number of phenolic OH excluding ortho intramolecular Hbond substituents is 2. The van der Waals surface area contributed by atoms with Crippen molar-refractivity contribution in [2.24, 2.45) is 0 Å². The van der Waals surface area contributed by atoms with E-state index in [-0.39, 0.29) is 24.3 Å². The highest BCUT2D eigenvalue weighted by Crippen LogP contribution is 2.37. The highest BCUT2D eigenvalue weighted by Gasteiger charge is 2.17. The maximum Gasteiger partial charge on any atom is 0.231 e. The predicted molar refractivity (Wildman–Crippen MR) is 74.4 cm³/mol. The predicted octanol–water partition coefficient (Wildman–Crippen LogP) is 3.00. The smallest absolute Gasteiger partial charge is 0.231 e. The summed E-state index contributed by atoms with van der Waals surface area (Å²) in [6.45, 7) is 2.09. The summed E-state index contributed by atoms with van der Waals surface area (Å²) in [6.07, 6.45) is 0. The lowest BCUT2D eigenvalue weighted by Gasteiger charge is -2.18. The first kappa shape index (κ1) is 12.5. The zero-order chi connectivity index (χ0) is 14.1. The highest BCUT2D eigenvalue weighted by atomic mass is 16.7. The Morgan fingerprint density at radius 1 is 1.05 bits per heavy atom. The second-order valence-electron chi connectivity index (χ2n) is 4.64. The Morgan fingerprint density at radius 3 is 2.50 bits per heavy atom. The maximum absolute atomic E-state index is 9.85. The van der Waals surface area contributed by atoms with E-state index in [0.29, 0.717) is 17.1 Å². The molecule has 0 radical (unpaired) electrons. The minimum absolute atomic E-state index is 0.0609. The van der Waals surface area contributed by atoms with Gasteiger partial charge in [-0.2, -0.15) is 0 Å². The van der Waals surface area contributed by atoms with Gasteiger partial charge in [-0.3, -0.25) is 0 Å². The molecule has 3 rings (SSSR count). The van der Waals surface area contributed by atoms with Gasteiger partial charge in [-0.1, -0.05) is 6.07 Å². The number of hydrogen-bond acceptors (Lipinski definition) is 5. The first-order valence-electron chi connectivity index (χ1n) is 6.32. The number of nitrogens with one attached hydrogen (secondary N) is 1.